The standard InChI is InChI=1S/C13H14N2O4/c1-19-11-7-3-5-9-13(11)15(18)8-4-2-6-10(16)12(8)14(9)17/h2-7,9,13,16-18H,1H3. The van der Waals surface area contributed by atoms with E-state index in [0.717, 1.165) is 10.1 Å². The number of methoxy groups -OCH3 is 1. The first-order chi connectivity index (χ1) is 9.15. The Morgan fingerprint density at radius 3 is 2.74 bits per heavy atom. The molecule has 1 aromatic rings. The highest BCUT2D eigenvalue weighted by Crippen LogP contribution is 2.44. The van der Waals surface area contributed by atoms with Gasteiger partial charge in [-0.25, -0.2) is 10.1 Å². The Labute approximate surface area is 110 Å². The SMILES string of the molecule is COC1=CC=CC2C1N(O)c1cccc(O)c1N2O. The zero-order valence-electron chi connectivity index (χ0n) is 10.3. The number of hydrogen-bond acceptors (Lipinski definition) is 6. The fourth-order valence-electron chi connectivity index (χ4n) is 2.54. The van der Waals surface area contributed by atoms with Gasteiger partial charge in [-0.05, 0) is 18.2 Å². The molecular weight excluding hydrogens is 248 g/mol. The number of allylic oxidation sites excluding steroid dienone is 2. The minimum atomic E-state index is -0.561. The summed E-state index contributed by atoms with van der Waals surface area (Å²) in [7, 11) is 1.51. The molecule has 100 valence electrons. The maximum atomic E-state index is 10.3. The first kappa shape index (κ1) is 11.9. The number of hydroxylamine groups is 2. The van der Waals surface area contributed by atoms with Crippen molar-refractivity contribution in [1.29, 1.82) is 0 Å². The molecule has 19 heavy (non-hydrogen) atoms. The highest BCUT2D eigenvalue weighted by Gasteiger charge is 2.42. The van der Waals surface area contributed by atoms with Crippen LogP contribution in [0.5, 0.6) is 5.75 Å². The number of anilines is 2. The molecule has 1 aliphatic heterocycles. The van der Waals surface area contributed by atoms with E-state index >= 15 is 0 Å². The lowest BCUT2D eigenvalue weighted by Crippen LogP contribution is -2.55. The Balaban J connectivity index is 2.16. The van der Waals surface area contributed by atoms with Crippen molar-refractivity contribution in [3.05, 3.63) is 42.2 Å². The number of hydrogen-bond donors (Lipinski definition) is 3. The van der Waals surface area contributed by atoms with Gasteiger partial charge in [-0.15, -0.1) is 0 Å². The average molecular weight is 262 g/mol. The van der Waals surface area contributed by atoms with Crippen LogP contribution in [0.25, 0.3) is 0 Å². The summed E-state index contributed by atoms with van der Waals surface area (Å²) in [6.07, 6.45) is 5.19. The van der Waals surface area contributed by atoms with Gasteiger partial charge < -0.3 is 9.84 Å². The number of nitrogens with zero attached hydrogens (tertiary/aromatic N) is 2. The molecular formula is C13H14N2O4. The van der Waals surface area contributed by atoms with Gasteiger partial charge in [0.1, 0.15) is 29.3 Å². The molecule has 0 bridgehead atoms. The first-order valence-corrected chi connectivity index (χ1v) is 5.85. The molecule has 0 fully saturated rings. The Kier molecular flexibility index (Phi) is 2.62. The maximum absolute atomic E-state index is 10.3. The Morgan fingerprint density at radius 1 is 1.21 bits per heavy atom. The van der Waals surface area contributed by atoms with Crippen molar-refractivity contribution in [2.45, 2.75) is 12.1 Å². The van der Waals surface area contributed by atoms with Crippen LogP contribution in [-0.4, -0.2) is 34.7 Å². The molecule has 2 unspecified atom stereocenters. The van der Waals surface area contributed by atoms with Gasteiger partial charge in [-0.3, -0.25) is 10.4 Å². The minimum absolute atomic E-state index is 0.0978. The lowest BCUT2D eigenvalue weighted by atomic mass is 9.96. The summed E-state index contributed by atoms with van der Waals surface area (Å²) in [5, 5.41) is 32.4. The molecule has 0 amide bonds. The van der Waals surface area contributed by atoms with Gasteiger partial charge in [0.2, 0.25) is 0 Å². The molecule has 0 spiro atoms. The van der Waals surface area contributed by atoms with Crippen molar-refractivity contribution in [1.82, 2.24) is 0 Å². The summed E-state index contributed by atoms with van der Waals surface area (Å²) in [5.41, 5.74) is 0.496. The fourth-order valence-corrected chi connectivity index (χ4v) is 2.54. The van der Waals surface area contributed by atoms with E-state index in [0.29, 0.717) is 11.4 Å². The second kappa shape index (κ2) is 4.18. The highest BCUT2D eigenvalue weighted by molar-refractivity contribution is 5.79. The number of aromatic hydroxyl groups is 1. The molecule has 2 atom stereocenters. The number of phenolic OH excluding ortho intramolecular Hbond substituents is 1. The van der Waals surface area contributed by atoms with Crippen molar-refractivity contribution in [2.75, 3.05) is 17.2 Å². The topological polar surface area (TPSA) is 76.4 Å². The first-order valence-electron chi connectivity index (χ1n) is 5.85. The van der Waals surface area contributed by atoms with Crippen molar-refractivity contribution < 1.29 is 20.3 Å². The van der Waals surface area contributed by atoms with Crippen LogP contribution in [0, 0.1) is 0 Å². The fraction of sp³-hybridized carbons (Fsp3) is 0.231. The van der Waals surface area contributed by atoms with E-state index in [-0.39, 0.29) is 11.4 Å². The lowest BCUT2D eigenvalue weighted by molar-refractivity contribution is 0.125. The second-order valence-corrected chi connectivity index (χ2v) is 4.43. The third-order valence-electron chi connectivity index (χ3n) is 3.43. The lowest BCUT2D eigenvalue weighted by Gasteiger charge is -2.44. The van der Waals surface area contributed by atoms with E-state index in [9.17, 15) is 15.5 Å². The predicted molar refractivity (Wildman–Crippen MR) is 68.4 cm³/mol. The molecule has 6 nitrogen and oxygen atoms in total. The van der Waals surface area contributed by atoms with Crippen LogP contribution in [0.2, 0.25) is 0 Å². The van der Waals surface area contributed by atoms with Crippen LogP contribution in [0.15, 0.2) is 42.2 Å². The predicted octanol–water partition coefficient (Wildman–Crippen LogP) is 1.63. The summed E-state index contributed by atoms with van der Waals surface area (Å²) in [5.74, 6) is 0.433. The largest absolute Gasteiger partial charge is 0.506 e. The third kappa shape index (κ3) is 1.57. The zero-order chi connectivity index (χ0) is 13.6. The number of fused-ring (bicyclic) bond motifs is 2. The average Bonchev–Trinajstić information content (AvgIpc) is 2.43. The molecule has 1 heterocycles. The van der Waals surface area contributed by atoms with Gasteiger partial charge in [0.25, 0.3) is 0 Å². The molecule has 2 aliphatic rings. The number of para-hydroxylation sites is 1. The highest BCUT2D eigenvalue weighted by atomic mass is 16.5. The number of ether oxygens (including phenoxy) is 1. The quantitative estimate of drug-likeness (QED) is 0.714. The number of rotatable bonds is 1. The van der Waals surface area contributed by atoms with Crippen LogP contribution in [-0.2, 0) is 4.74 Å². The van der Waals surface area contributed by atoms with Gasteiger partial charge in [0.05, 0.1) is 12.8 Å². The maximum Gasteiger partial charge on any atom is 0.143 e. The van der Waals surface area contributed by atoms with Crippen molar-refractivity contribution in [3.63, 3.8) is 0 Å². The van der Waals surface area contributed by atoms with Gasteiger partial charge >= 0.3 is 0 Å². The second-order valence-electron chi connectivity index (χ2n) is 4.43. The van der Waals surface area contributed by atoms with Crippen LogP contribution in [0.4, 0.5) is 11.4 Å². The van der Waals surface area contributed by atoms with Crippen LogP contribution in [0.3, 0.4) is 0 Å². The Bertz CT molecular complexity index is 570. The molecule has 0 saturated carbocycles. The van der Waals surface area contributed by atoms with Gasteiger partial charge in [-0.2, -0.15) is 0 Å². The monoisotopic (exact) mass is 262 g/mol. The Hall–Kier alpha value is -2.18. The smallest absolute Gasteiger partial charge is 0.143 e. The summed E-state index contributed by atoms with van der Waals surface area (Å²) < 4.78 is 5.23. The molecule has 0 aromatic heterocycles. The van der Waals surface area contributed by atoms with E-state index < -0.39 is 12.1 Å². The molecule has 6 heteroatoms. The molecule has 0 radical (unpaired) electrons. The molecule has 0 saturated heterocycles. The Morgan fingerprint density at radius 2 is 2.00 bits per heavy atom. The van der Waals surface area contributed by atoms with E-state index in [1.807, 2.05) is 0 Å². The summed E-state index contributed by atoms with van der Waals surface area (Å²) >= 11 is 0. The van der Waals surface area contributed by atoms with E-state index in [1.165, 1.54) is 13.2 Å². The van der Waals surface area contributed by atoms with E-state index in [2.05, 4.69) is 0 Å². The normalized spacial score (nSPS) is 24.7. The third-order valence-corrected chi connectivity index (χ3v) is 3.43. The van der Waals surface area contributed by atoms with Crippen LogP contribution in [0.1, 0.15) is 0 Å². The van der Waals surface area contributed by atoms with Gasteiger partial charge in [0.15, 0.2) is 0 Å². The number of benzene rings is 1. The summed E-state index contributed by atoms with van der Waals surface area (Å²) in [6.45, 7) is 0. The van der Waals surface area contributed by atoms with E-state index in [1.54, 1.807) is 30.4 Å². The van der Waals surface area contributed by atoms with Crippen molar-refractivity contribution in [2.24, 2.45) is 0 Å². The van der Waals surface area contributed by atoms with Crippen molar-refractivity contribution in [3.8, 4) is 5.75 Å². The summed E-state index contributed by atoms with van der Waals surface area (Å²) in [6, 6.07) is 3.57. The van der Waals surface area contributed by atoms with Gasteiger partial charge in [-0.1, -0.05) is 18.2 Å². The number of phenols is 1. The zero-order valence-corrected chi connectivity index (χ0v) is 10.3. The molecule has 1 aromatic carbocycles. The molecule has 3 rings (SSSR count). The molecule has 3 N–H and O–H groups in total. The van der Waals surface area contributed by atoms with E-state index in [4.69, 9.17) is 4.74 Å². The van der Waals surface area contributed by atoms with Crippen molar-refractivity contribution >= 4 is 11.4 Å². The summed E-state index contributed by atoms with van der Waals surface area (Å²) in [4.78, 5) is 0. The molecule has 1 aliphatic carbocycles. The van der Waals surface area contributed by atoms with Crippen LogP contribution >= 0.6 is 0 Å². The van der Waals surface area contributed by atoms with Gasteiger partial charge in [0, 0.05) is 0 Å². The minimum Gasteiger partial charge on any atom is -0.506 e. The van der Waals surface area contributed by atoms with Crippen LogP contribution < -0.4 is 10.1 Å².